The average molecular weight is 302 g/mol. The van der Waals surface area contributed by atoms with Gasteiger partial charge >= 0.3 is 0 Å². The van der Waals surface area contributed by atoms with Gasteiger partial charge in [-0.2, -0.15) is 0 Å². The van der Waals surface area contributed by atoms with E-state index < -0.39 is 5.60 Å². The molecule has 2 aliphatic rings. The number of nitrogens with zero attached hydrogens (tertiary/aromatic N) is 2. The monoisotopic (exact) mass is 302 g/mol. The van der Waals surface area contributed by atoms with Gasteiger partial charge in [-0.3, -0.25) is 19.4 Å². The summed E-state index contributed by atoms with van der Waals surface area (Å²) < 4.78 is 0. The molecule has 1 fully saturated rings. The number of para-hydroxylation sites is 1. The van der Waals surface area contributed by atoms with Crippen molar-refractivity contribution in [2.75, 3.05) is 24.7 Å². The largest absolute Gasteiger partial charge is 0.375 e. The van der Waals surface area contributed by atoms with Gasteiger partial charge in [0, 0.05) is 12.0 Å². The molecule has 22 heavy (non-hydrogen) atoms. The van der Waals surface area contributed by atoms with Crippen LogP contribution < -0.4 is 4.90 Å². The first-order valence-electron chi connectivity index (χ1n) is 7.88. The third-order valence-electron chi connectivity index (χ3n) is 4.53. The zero-order chi connectivity index (χ0) is 15.7. The van der Waals surface area contributed by atoms with E-state index in [0.29, 0.717) is 12.2 Å². The van der Waals surface area contributed by atoms with Gasteiger partial charge in [0.25, 0.3) is 5.91 Å². The molecule has 1 N–H and O–H groups in total. The number of rotatable bonds is 4. The maximum absolute atomic E-state index is 12.8. The quantitative estimate of drug-likeness (QED) is 0.918. The van der Waals surface area contributed by atoms with Crippen molar-refractivity contribution in [3.63, 3.8) is 0 Å². The fraction of sp³-hybridized carbons (Fsp3) is 0.529. The van der Waals surface area contributed by atoms with Crippen molar-refractivity contribution in [3.05, 3.63) is 29.8 Å². The minimum Gasteiger partial charge on any atom is -0.375 e. The van der Waals surface area contributed by atoms with Gasteiger partial charge in [-0.25, -0.2) is 0 Å². The number of hydrogen-bond donors (Lipinski definition) is 1. The van der Waals surface area contributed by atoms with Gasteiger partial charge in [0.15, 0.2) is 5.60 Å². The first kappa shape index (κ1) is 15.2. The number of piperidine rings is 1. The van der Waals surface area contributed by atoms with E-state index in [1.54, 1.807) is 17.0 Å². The molecule has 1 aromatic rings. The molecule has 0 saturated carbocycles. The lowest BCUT2D eigenvalue weighted by Crippen LogP contribution is -2.47. The Labute approximate surface area is 130 Å². The van der Waals surface area contributed by atoms with Crippen molar-refractivity contribution in [1.82, 2.24) is 4.90 Å². The van der Waals surface area contributed by atoms with Crippen LogP contribution in [-0.2, 0) is 15.2 Å². The van der Waals surface area contributed by atoms with Crippen LogP contribution in [0, 0.1) is 0 Å². The molecule has 0 spiro atoms. The number of Topliss-reactive ketones (excluding diaryl/α,β-unsaturated/α-hetero) is 1. The molecule has 0 aliphatic carbocycles. The molecular formula is C17H22N2O3. The van der Waals surface area contributed by atoms with Crippen LogP contribution in [0.2, 0.25) is 0 Å². The molecule has 2 heterocycles. The van der Waals surface area contributed by atoms with E-state index in [0.717, 1.165) is 31.6 Å². The second-order valence-corrected chi connectivity index (χ2v) is 6.31. The van der Waals surface area contributed by atoms with E-state index in [9.17, 15) is 14.7 Å². The van der Waals surface area contributed by atoms with Crippen LogP contribution in [-0.4, -0.2) is 41.5 Å². The molecule has 1 aromatic carbocycles. The third-order valence-corrected chi connectivity index (χ3v) is 4.53. The summed E-state index contributed by atoms with van der Waals surface area (Å²) in [6.45, 7) is 3.82. The summed E-state index contributed by atoms with van der Waals surface area (Å²) in [6.07, 6.45) is 3.34. The van der Waals surface area contributed by atoms with Crippen molar-refractivity contribution in [3.8, 4) is 0 Å². The van der Waals surface area contributed by atoms with E-state index in [1.165, 1.54) is 13.3 Å². The van der Waals surface area contributed by atoms with Crippen LogP contribution in [0.5, 0.6) is 0 Å². The second-order valence-electron chi connectivity index (χ2n) is 6.31. The van der Waals surface area contributed by atoms with E-state index in [1.807, 2.05) is 12.1 Å². The van der Waals surface area contributed by atoms with Gasteiger partial charge in [0.05, 0.1) is 12.4 Å². The normalized spacial score (nSPS) is 25.4. The number of aliphatic hydroxyl groups is 1. The van der Waals surface area contributed by atoms with Gasteiger partial charge in [-0.05, 0) is 38.9 Å². The SMILES string of the molecule is CC(=O)CC1(O)C(=O)N(CN2CCCCC2)c2ccccc21. The van der Waals surface area contributed by atoms with Crippen molar-refractivity contribution >= 4 is 17.4 Å². The van der Waals surface area contributed by atoms with Crippen molar-refractivity contribution in [2.24, 2.45) is 0 Å². The summed E-state index contributed by atoms with van der Waals surface area (Å²) in [5.74, 6) is -0.569. The van der Waals surface area contributed by atoms with Crippen LogP contribution in [0.15, 0.2) is 24.3 Å². The number of fused-ring (bicyclic) bond motifs is 1. The van der Waals surface area contributed by atoms with Gasteiger partial charge in [-0.1, -0.05) is 24.6 Å². The highest BCUT2D eigenvalue weighted by Gasteiger charge is 2.50. The molecule has 5 heteroatoms. The lowest BCUT2D eigenvalue weighted by Gasteiger charge is -2.31. The summed E-state index contributed by atoms with van der Waals surface area (Å²) in [5, 5.41) is 10.9. The molecule has 3 rings (SSSR count). The predicted molar refractivity (Wildman–Crippen MR) is 83.4 cm³/mol. The molecule has 1 unspecified atom stereocenters. The second kappa shape index (κ2) is 5.82. The Bertz CT molecular complexity index is 595. The lowest BCUT2D eigenvalue weighted by molar-refractivity contribution is -0.141. The van der Waals surface area contributed by atoms with Crippen molar-refractivity contribution < 1.29 is 14.7 Å². The number of carbonyl (C=O) groups excluding carboxylic acids is 2. The molecule has 2 aliphatic heterocycles. The van der Waals surface area contributed by atoms with Crippen LogP contribution in [0.4, 0.5) is 5.69 Å². The number of hydrogen-bond acceptors (Lipinski definition) is 4. The fourth-order valence-corrected chi connectivity index (χ4v) is 3.48. The Hall–Kier alpha value is -1.72. The summed E-state index contributed by atoms with van der Waals surface area (Å²) in [5.41, 5.74) is -0.438. The van der Waals surface area contributed by atoms with Gasteiger partial charge < -0.3 is 5.11 Å². The first-order chi connectivity index (χ1) is 10.5. The molecular weight excluding hydrogens is 280 g/mol. The minimum atomic E-state index is -1.71. The Kier molecular flexibility index (Phi) is 4.02. The molecule has 1 amide bonds. The Morgan fingerprint density at radius 3 is 2.59 bits per heavy atom. The standard InChI is InChI=1S/C17H22N2O3/c1-13(20)11-17(22)14-7-3-4-8-15(14)19(16(17)21)12-18-9-5-2-6-10-18/h3-4,7-8,22H,2,5-6,9-12H2,1H3. The number of amides is 1. The maximum Gasteiger partial charge on any atom is 0.265 e. The summed E-state index contributed by atoms with van der Waals surface area (Å²) in [4.78, 5) is 28.2. The highest BCUT2D eigenvalue weighted by Crippen LogP contribution is 2.42. The van der Waals surface area contributed by atoms with Gasteiger partial charge in [0.2, 0.25) is 0 Å². The van der Waals surface area contributed by atoms with Crippen molar-refractivity contribution in [2.45, 2.75) is 38.2 Å². The molecule has 0 aromatic heterocycles. The highest BCUT2D eigenvalue weighted by molar-refractivity contribution is 6.08. The molecule has 1 atom stereocenters. The minimum absolute atomic E-state index is 0.167. The predicted octanol–water partition coefficient (Wildman–Crippen LogP) is 1.64. The third kappa shape index (κ3) is 2.55. The topological polar surface area (TPSA) is 60.9 Å². The Balaban J connectivity index is 1.91. The average Bonchev–Trinajstić information content (AvgIpc) is 2.70. The van der Waals surface area contributed by atoms with Crippen LogP contribution in [0.3, 0.4) is 0 Å². The number of carbonyl (C=O) groups is 2. The molecule has 5 nitrogen and oxygen atoms in total. The van der Waals surface area contributed by atoms with E-state index in [-0.39, 0.29) is 18.1 Å². The van der Waals surface area contributed by atoms with Gasteiger partial charge in [-0.15, -0.1) is 0 Å². The molecule has 118 valence electrons. The number of likely N-dealkylation sites (tertiary alicyclic amines) is 1. The number of anilines is 1. The summed E-state index contributed by atoms with van der Waals surface area (Å²) in [7, 11) is 0. The van der Waals surface area contributed by atoms with Crippen molar-refractivity contribution in [1.29, 1.82) is 0 Å². The smallest absolute Gasteiger partial charge is 0.265 e. The molecule has 1 saturated heterocycles. The van der Waals surface area contributed by atoms with Gasteiger partial charge in [0.1, 0.15) is 5.78 Å². The first-order valence-corrected chi connectivity index (χ1v) is 7.88. The molecule has 0 bridgehead atoms. The fourth-order valence-electron chi connectivity index (χ4n) is 3.48. The number of ketones is 1. The van der Waals surface area contributed by atoms with Crippen LogP contribution in [0.1, 0.15) is 38.2 Å². The zero-order valence-corrected chi connectivity index (χ0v) is 12.9. The van der Waals surface area contributed by atoms with E-state index >= 15 is 0 Å². The van der Waals surface area contributed by atoms with Crippen LogP contribution in [0.25, 0.3) is 0 Å². The molecule has 0 radical (unpaired) electrons. The maximum atomic E-state index is 12.8. The number of benzene rings is 1. The Morgan fingerprint density at radius 2 is 1.91 bits per heavy atom. The zero-order valence-electron chi connectivity index (χ0n) is 12.9. The highest BCUT2D eigenvalue weighted by atomic mass is 16.3. The summed E-state index contributed by atoms with van der Waals surface area (Å²) >= 11 is 0. The lowest BCUT2D eigenvalue weighted by atomic mass is 9.90. The van der Waals surface area contributed by atoms with E-state index in [4.69, 9.17) is 0 Å². The van der Waals surface area contributed by atoms with Crippen LogP contribution >= 0.6 is 0 Å². The van der Waals surface area contributed by atoms with E-state index in [2.05, 4.69) is 4.90 Å². The Morgan fingerprint density at radius 1 is 1.23 bits per heavy atom. The summed E-state index contributed by atoms with van der Waals surface area (Å²) in [6, 6.07) is 7.23.